The molecule has 0 aromatic carbocycles. The first kappa shape index (κ1) is 17.4. The number of aromatic nitrogens is 4. The molecule has 26 heavy (non-hydrogen) atoms. The summed E-state index contributed by atoms with van der Waals surface area (Å²) in [6, 6.07) is 0. The number of carbonyl (C=O) groups excluding carboxylic acids is 1. The van der Waals surface area contributed by atoms with Crippen molar-refractivity contribution in [2.45, 2.75) is 40.0 Å². The Labute approximate surface area is 155 Å². The van der Waals surface area contributed by atoms with E-state index in [0.29, 0.717) is 17.0 Å². The van der Waals surface area contributed by atoms with Crippen LogP contribution in [0.3, 0.4) is 0 Å². The zero-order valence-electron chi connectivity index (χ0n) is 15.2. The minimum atomic E-state index is -0.382. The summed E-state index contributed by atoms with van der Waals surface area (Å²) >= 11 is 1.74. The Bertz CT molecular complexity index is 985. The van der Waals surface area contributed by atoms with Crippen LogP contribution >= 0.6 is 11.3 Å². The molecule has 1 aliphatic carbocycles. The molecule has 8 heteroatoms. The zero-order chi connectivity index (χ0) is 18.5. The topological polar surface area (TPSA) is 92.4 Å². The molecule has 2 N–H and O–H groups in total. The maximum atomic E-state index is 12.1. The van der Waals surface area contributed by atoms with Crippen LogP contribution in [-0.2, 0) is 12.8 Å². The second kappa shape index (κ2) is 6.28. The molecule has 1 aliphatic rings. The maximum Gasteiger partial charge on any atom is 0.291 e. The largest absolute Gasteiger partial charge is 0.395 e. The molecule has 138 valence electrons. The number of nitrogens with one attached hydrogen (secondary N) is 1. The molecule has 0 radical (unpaired) electrons. The van der Waals surface area contributed by atoms with Crippen LogP contribution < -0.4 is 5.32 Å². The Kier molecular flexibility index (Phi) is 4.19. The van der Waals surface area contributed by atoms with Gasteiger partial charge in [-0.2, -0.15) is 0 Å². The van der Waals surface area contributed by atoms with Gasteiger partial charge in [-0.05, 0) is 36.2 Å². The molecule has 0 saturated carbocycles. The highest BCUT2D eigenvalue weighted by atomic mass is 32.1. The van der Waals surface area contributed by atoms with Gasteiger partial charge in [-0.15, -0.1) is 16.4 Å². The minimum absolute atomic E-state index is 0.107. The van der Waals surface area contributed by atoms with Crippen LogP contribution in [0.15, 0.2) is 6.33 Å². The van der Waals surface area contributed by atoms with Crippen LogP contribution in [0.25, 0.3) is 15.9 Å². The van der Waals surface area contributed by atoms with Crippen molar-refractivity contribution in [3.05, 3.63) is 22.6 Å². The Morgan fingerprint density at radius 2 is 2.27 bits per heavy atom. The van der Waals surface area contributed by atoms with E-state index in [1.54, 1.807) is 22.2 Å². The van der Waals surface area contributed by atoms with E-state index in [1.165, 1.54) is 10.4 Å². The lowest BCUT2D eigenvalue weighted by Crippen LogP contribution is -2.27. The molecular formula is C18H23N5O2S. The maximum absolute atomic E-state index is 12.1. The summed E-state index contributed by atoms with van der Waals surface area (Å²) in [6.07, 6.45) is 4.86. The lowest BCUT2D eigenvalue weighted by Gasteiger charge is -2.33. The van der Waals surface area contributed by atoms with Gasteiger partial charge in [-0.1, -0.05) is 20.8 Å². The van der Waals surface area contributed by atoms with Gasteiger partial charge in [-0.25, -0.2) is 14.5 Å². The van der Waals surface area contributed by atoms with E-state index in [-0.39, 0.29) is 24.9 Å². The average molecular weight is 373 g/mol. The van der Waals surface area contributed by atoms with Crippen molar-refractivity contribution < 1.29 is 9.90 Å². The van der Waals surface area contributed by atoms with Crippen LogP contribution in [0.4, 0.5) is 0 Å². The lowest BCUT2D eigenvalue weighted by molar-refractivity contribution is 0.0934. The normalized spacial score (nSPS) is 17.6. The molecule has 4 rings (SSSR count). The molecule has 1 unspecified atom stereocenters. The van der Waals surface area contributed by atoms with Gasteiger partial charge in [0.15, 0.2) is 5.65 Å². The van der Waals surface area contributed by atoms with Crippen LogP contribution in [0.5, 0.6) is 0 Å². The van der Waals surface area contributed by atoms with Crippen molar-refractivity contribution in [1.82, 2.24) is 24.9 Å². The van der Waals surface area contributed by atoms with Crippen molar-refractivity contribution in [3.63, 3.8) is 0 Å². The van der Waals surface area contributed by atoms with Gasteiger partial charge in [0.1, 0.15) is 11.2 Å². The third kappa shape index (κ3) is 2.87. The molecule has 3 heterocycles. The van der Waals surface area contributed by atoms with Crippen molar-refractivity contribution in [2.24, 2.45) is 11.3 Å². The van der Waals surface area contributed by atoms with Gasteiger partial charge in [0, 0.05) is 11.4 Å². The van der Waals surface area contributed by atoms with Crippen LogP contribution in [0.1, 0.15) is 48.3 Å². The Balaban J connectivity index is 1.78. The van der Waals surface area contributed by atoms with Crippen molar-refractivity contribution in [3.8, 4) is 0 Å². The van der Waals surface area contributed by atoms with Crippen molar-refractivity contribution in [2.75, 3.05) is 13.2 Å². The zero-order valence-corrected chi connectivity index (χ0v) is 16.1. The number of aryl methyl sites for hydroxylation is 1. The number of hydrogen-bond acceptors (Lipinski definition) is 6. The smallest absolute Gasteiger partial charge is 0.291 e. The quantitative estimate of drug-likeness (QED) is 0.734. The fourth-order valence-electron chi connectivity index (χ4n) is 3.66. The summed E-state index contributed by atoms with van der Waals surface area (Å²) in [5.41, 5.74) is 2.30. The third-order valence-corrected chi connectivity index (χ3v) is 6.37. The first-order valence-corrected chi connectivity index (χ1v) is 9.75. The fourth-order valence-corrected chi connectivity index (χ4v) is 4.92. The minimum Gasteiger partial charge on any atom is -0.395 e. The van der Waals surface area contributed by atoms with Crippen molar-refractivity contribution >= 4 is 33.1 Å². The number of nitrogens with zero attached hydrogens (tertiary/aromatic N) is 4. The van der Waals surface area contributed by atoms with Crippen molar-refractivity contribution in [1.29, 1.82) is 0 Å². The van der Waals surface area contributed by atoms with Crippen LogP contribution in [0, 0.1) is 11.3 Å². The summed E-state index contributed by atoms with van der Waals surface area (Å²) < 4.78 is 1.58. The molecule has 0 bridgehead atoms. The van der Waals surface area contributed by atoms with E-state index in [2.05, 4.69) is 41.2 Å². The highest BCUT2D eigenvalue weighted by Crippen LogP contribution is 2.43. The molecule has 0 aliphatic heterocycles. The standard InChI is InChI=1S/C18H23N5O2S/c1-18(2,3)10-4-5-11-12(8-10)26-17-13(11)15-21-14(16(25)19-6-7-24)22-23(15)9-20-17/h9-10,24H,4-8H2,1-3H3,(H,19,25). The summed E-state index contributed by atoms with van der Waals surface area (Å²) in [7, 11) is 0. The number of thiophene rings is 1. The monoisotopic (exact) mass is 373 g/mol. The number of fused-ring (bicyclic) bond motifs is 5. The van der Waals surface area contributed by atoms with Gasteiger partial charge < -0.3 is 10.4 Å². The van der Waals surface area contributed by atoms with Gasteiger partial charge in [0.25, 0.3) is 5.91 Å². The number of aliphatic hydroxyl groups is 1. The number of carbonyl (C=O) groups is 1. The van der Waals surface area contributed by atoms with E-state index in [0.717, 1.165) is 29.5 Å². The summed E-state index contributed by atoms with van der Waals surface area (Å²) in [6.45, 7) is 6.99. The van der Waals surface area contributed by atoms with Crippen LogP contribution in [0.2, 0.25) is 0 Å². The molecule has 0 saturated heterocycles. The fraction of sp³-hybridized carbons (Fsp3) is 0.556. The predicted octanol–water partition coefficient (Wildman–Crippen LogP) is 2.21. The van der Waals surface area contributed by atoms with Gasteiger partial charge in [0.05, 0.1) is 12.0 Å². The van der Waals surface area contributed by atoms with Gasteiger partial charge in [-0.3, -0.25) is 4.79 Å². The van der Waals surface area contributed by atoms with E-state index < -0.39 is 0 Å². The molecule has 3 aromatic heterocycles. The average Bonchev–Trinajstić information content (AvgIpc) is 3.18. The molecular weight excluding hydrogens is 350 g/mol. The Hall–Kier alpha value is -2.06. The first-order valence-electron chi connectivity index (χ1n) is 8.93. The molecule has 0 fully saturated rings. The van der Waals surface area contributed by atoms with E-state index in [9.17, 15) is 4.79 Å². The molecule has 0 spiro atoms. The Morgan fingerprint density at radius 3 is 3.00 bits per heavy atom. The second-order valence-corrected chi connectivity index (χ2v) is 9.00. The predicted molar refractivity (Wildman–Crippen MR) is 101 cm³/mol. The number of aliphatic hydroxyl groups excluding tert-OH is 1. The first-order chi connectivity index (χ1) is 12.4. The van der Waals surface area contributed by atoms with E-state index in [4.69, 9.17) is 5.11 Å². The molecule has 3 aromatic rings. The summed E-state index contributed by atoms with van der Waals surface area (Å²) in [5, 5.41) is 16.7. The number of hydrogen-bond donors (Lipinski definition) is 2. The van der Waals surface area contributed by atoms with E-state index in [1.807, 2.05) is 0 Å². The summed E-state index contributed by atoms with van der Waals surface area (Å²) in [4.78, 5) is 23.5. The highest BCUT2D eigenvalue weighted by Gasteiger charge is 2.32. The molecule has 1 atom stereocenters. The second-order valence-electron chi connectivity index (χ2n) is 7.92. The van der Waals surface area contributed by atoms with Gasteiger partial charge in [0.2, 0.25) is 5.82 Å². The molecule has 7 nitrogen and oxygen atoms in total. The summed E-state index contributed by atoms with van der Waals surface area (Å²) in [5.74, 6) is 0.389. The highest BCUT2D eigenvalue weighted by molar-refractivity contribution is 7.19. The molecule has 1 amide bonds. The van der Waals surface area contributed by atoms with E-state index >= 15 is 0 Å². The van der Waals surface area contributed by atoms with Crippen LogP contribution in [-0.4, -0.2) is 43.7 Å². The SMILES string of the molecule is CC(C)(C)C1CCc2c(sc3ncn4nc(C(=O)NCCO)nc4c23)C1. The number of rotatable bonds is 3. The number of amides is 1. The van der Waals surface area contributed by atoms with Gasteiger partial charge >= 0.3 is 0 Å². The Morgan fingerprint density at radius 1 is 1.46 bits per heavy atom. The third-order valence-electron chi connectivity index (χ3n) is 5.21. The lowest BCUT2D eigenvalue weighted by atomic mass is 9.72.